The molecule has 2 N–H and O–H groups in total. The second-order valence-corrected chi connectivity index (χ2v) is 7.60. The maximum Gasteiger partial charge on any atom is 0.433 e. The van der Waals surface area contributed by atoms with Crippen molar-refractivity contribution in [1.29, 1.82) is 0 Å². The van der Waals surface area contributed by atoms with Crippen LogP contribution in [-0.2, 0) is 15.7 Å². The summed E-state index contributed by atoms with van der Waals surface area (Å²) in [6, 6.07) is 9.74. The number of ether oxygens (including phenoxy) is 2. The van der Waals surface area contributed by atoms with E-state index in [1.807, 2.05) is 18.2 Å². The zero-order valence-electron chi connectivity index (χ0n) is 17.1. The Morgan fingerprint density at radius 2 is 1.87 bits per heavy atom. The highest BCUT2D eigenvalue weighted by molar-refractivity contribution is 5.74. The first-order chi connectivity index (χ1) is 14.8. The molecule has 1 saturated carbocycles. The second kappa shape index (κ2) is 10.5. The van der Waals surface area contributed by atoms with Crippen molar-refractivity contribution >= 4 is 11.6 Å². The molecule has 1 aliphatic heterocycles. The molecular formula is C22H26F3N3O3. The number of carbonyl (C=O) groups is 1. The first-order valence-electron chi connectivity index (χ1n) is 10.2. The van der Waals surface area contributed by atoms with Crippen LogP contribution in [-0.4, -0.2) is 37.2 Å². The summed E-state index contributed by atoms with van der Waals surface area (Å²) >= 11 is 0. The average Bonchev–Trinajstić information content (AvgIpc) is 3.38. The number of amides is 1. The fraction of sp³-hybridized carbons (Fsp3) is 0.455. The number of pyridine rings is 1. The third kappa shape index (κ3) is 7.75. The molecule has 2 aromatic rings. The van der Waals surface area contributed by atoms with Gasteiger partial charge in [0.25, 0.3) is 0 Å². The van der Waals surface area contributed by atoms with Gasteiger partial charge in [0.1, 0.15) is 23.8 Å². The lowest BCUT2D eigenvalue weighted by Gasteiger charge is -2.18. The Balaban J connectivity index is 0.000000254. The van der Waals surface area contributed by atoms with E-state index in [0.717, 1.165) is 31.0 Å². The number of nitrogens with two attached hydrogens (primary N) is 1. The van der Waals surface area contributed by atoms with Gasteiger partial charge >= 0.3 is 6.18 Å². The highest BCUT2D eigenvalue weighted by atomic mass is 19.4. The van der Waals surface area contributed by atoms with Crippen molar-refractivity contribution in [2.75, 3.05) is 31.2 Å². The van der Waals surface area contributed by atoms with Crippen molar-refractivity contribution in [2.24, 2.45) is 11.7 Å². The maximum atomic E-state index is 12.5. The number of anilines is 1. The van der Waals surface area contributed by atoms with Gasteiger partial charge in [0.2, 0.25) is 5.91 Å². The first kappa shape index (κ1) is 22.9. The van der Waals surface area contributed by atoms with E-state index >= 15 is 0 Å². The van der Waals surface area contributed by atoms with E-state index in [-0.39, 0.29) is 18.3 Å². The number of hydrogen-bond acceptors (Lipinski definition) is 5. The Bertz CT molecular complexity index is 849. The van der Waals surface area contributed by atoms with Crippen molar-refractivity contribution in [1.82, 2.24) is 4.98 Å². The molecule has 0 bridgehead atoms. The van der Waals surface area contributed by atoms with Crippen molar-refractivity contribution in [2.45, 2.75) is 31.9 Å². The van der Waals surface area contributed by atoms with Crippen LogP contribution in [0.2, 0.25) is 0 Å². The largest absolute Gasteiger partial charge is 0.456 e. The van der Waals surface area contributed by atoms with Gasteiger partial charge in [-0.25, -0.2) is 4.98 Å². The van der Waals surface area contributed by atoms with E-state index in [0.29, 0.717) is 18.3 Å². The Morgan fingerprint density at radius 3 is 2.45 bits per heavy atom. The van der Waals surface area contributed by atoms with E-state index in [4.69, 9.17) is 15.2 Å². The van der Waals surface area contributed by atoms with E-state index < -0.39 is 11.9 Å². The number of carbonyl (C=O) groups excluding carboxylic acids is 1. The third-order valence-electron chi connectivity index (χ3n) is 4.85. The van der Waals surface area contributed by atoms with Crippen LogP contribution >= 0.6 is 0 Å². The molecule has 4 rings (SSSR count). The number of rotatable bonds is 7. The lowest BCUT2D eigenvalue weighted by molar-refractivity contribution is -0.141. The van der Waals surface area contributed by atoms with Crippen LogP contribution in [0, 0.1) is 5.92 Å². The Hall–Kier alpha value is -2.81. The molecule has 1 aliphatic carbocycles. The Kier molecular flexibility index (Phi) is 7.73. The van der Waals surface area contributed by atoms with Crippen LogP contribution in [0.25, 0.3) is 0 Å². The SMILES string of the molecule is FC(F)(F)c1ccc(Oc2cccc(N3CCCC3)c2)cn1.NC(=O)COCC1CC1. The van der Waals surface area contributed by atoms with Gasteiger partial charge < -0.3 is 20.1 Å². The van der Waals surface area contributed by atoms with E-state index in [1.54, 1.807) is 6.07 Å². The minimum atomic E-state index is -4.44. The Labute approximate surface area is 179 Å². The molecule has 6 nitrogen and oxygen atoms in total. The van der Waals surface area contributed by atoms with Gasteiger partial charge in [0.15, 0.2) is 0 Å². The first-order valence-corrected chi connectivity index (χ1v) is 10.2. The van der Waals surface area contributed by atoms with Crippen molar-refractivity contribution in [3.05, 3.63) is 48.3 Å². The standard InChI is InChI=1S/C16H15F3N2O.C6H11NO2/c17-16(18,19)15-7-6-14(11-20-15)22-13-5-3-4-12(10-13)21-8-1-2-9-21;7-6(8)4-9-3-5-1-2-5/h3-7,10-11H,1-2,8-9H2;5H,1-4H2,(H2,7,8). The molecular weight excluding hydrogens is 411 g/mol. The molecule has 0 unspecified atom stereocenters. The van der Waals surface area contributed by atoms with E-state index in [9.17, 15) is 18.0 Å². The zero-order chi connectivity index (χ0) is 22.3. The molecule has 0 radical (unpaired) electrons. The molecule has 31 heavy (non-hydrogen) atoms. The topological polar surface area (TPSA) is 77.7 Å². The molecule has 2 heterocycles. The summed E-state index contributed by atoms with van der Waals surface area (Å²) in [5.74, 6) is 1.21. The molecule has 2 aliphatic rings. The molecule has 0 spiro atoms. The fourth-order valence-electron chi connectivity index (χ4n) is 3.07. The fourth-order valence-corrected chi connectivity index (χ4v) is 3.07. The smallest absolute Gasteiger partial charge is 0.433 e. The molecule has 0 atom stereocenters. The highest BCUT2D eigenvalue weighted by Gasteiger charge is 2.32. The number of nitrogens with zero attached hydrogens (tertiary/aromatic N) is 2. The summed E-state index contributed by atoms with van der Waals surface area (Å²) in [5.41, 5.74) is 4.97. The number of benzene rings is 1. The van der Waals surface area contributed by atoms with Gasteiger partial charge in [-0.15, -0.1) is 0 Å². The molecule has 1 aromatic carbocycles. The highest BCUT2D eigenvalue weighted by Crippen LogP contribution is 2.31. The molecule has 1 saturated heterocycles. The number of aromatic nitrogens is 1. The average molecular weight is 437 g/mol. The summed E-state index contributed by atoms with van der Waals surface area (Å²) in [5, 5.41) is 0. The molecule has 168 valence electrons. The Morgan fingerprint density at radius 1 is 1.13 bits per heavy atom. The number of alkyl halides is 3. The van der Waals surface area contributed by atoms with Crippen LogP contribution in [0.3, 0.4) is 0 Å². The lowest BCUT2D eigenvalue weighted by atomic mass is 10.2. The zero-order valence-corrected chi connectivity index (χ0v) is 17.1. The van der Waals surface area contributed by atoms with Crippen LogP contribution in [0.15, 0.2) is 42.6 Å². The van der Waals surface area contributed by atoms with Crippen LogP contribution < -0.4 is 15.4 Å². The van der Waals surface area contributed by atoms with E-state index in [2.05, 4.69) is 9.88 Å². The molecule has 1 aromatic heterocycles. The minimum absolute atomic E-state index is 0.0799. The van der Waals surface area contributed by atoms with Crippen molar-refractivity contribution < 1.29 is 27.4 Å². The summed E-state index contributed by atoms with van der Waals surface area (Å²) in [6.07, 6.45) is 1.50. The normalized spacial score (nSPS) is 15.9. The van der Waals surface area contributed by atoms with Gasteiger partial charge in [-0.1, -0.05) is 6.07 Å². The molecule has 2 fully saturated rings. The summed E-state index contributed by atoms with van der Waals surface area (Å²) in [7, 11) is 0. The van der Waals surface area contributed by atoms with Gasteiger partial charge in [-0.3, -0.25) is 4.79 Å². The predicted octanol–water partition coefficient (Wildman–Crippen LogP) is 4.39. The van der Waals surface area contributed by atoms with Gasteiger partial charge in [0.05, 0.1) is 12.8 Å². The van der Waals surface area contributed by atoms with Crippen molar-refractivity contribution in [3.8, 4) is 11.5 Å². The van der Waals surface area contributed by atoms with Crippen LogP contribution in [0.4, 0.5) is 18.9 Å². The van der Waals surface area contributed by atoms with Crippen LogP contribution in [0.1, 0.15) is 31.4 Å². The van der Waals surface area contributed by atoms with Gasteiger partial charge in [-0.2, -0.15) is 13.2 Å². The van der Waals surface area contributed by atoms with Gasteiger partial charge in [-0.05, 0) is 55.9 Å². The summed E-state index contributed by atoms with van der Waals surface area (Å²) in [4.78, 5) is 15.7. The number of halogens is 3. The summed E-state index contributed by atoms with van der Waals surface area (Å²) in [6.45, 7) is 2.83. The lowest BCUT2D eigenvalue weighted by Crippen LogP contribution is -2.18. The van der Waals surface area contributed by atoms with Crippen molar-refractivity contribution in [3.63, 3.8) is 0 Å². The maximum absolute atomic E-state index is 12.5. The number of hydrogen-bond donors (Lipinski definition) is 1. The minimum Gasteiger partial charge on any atom is -0.456 e. The summed E-state index contributed by atoms with van der Waals surface area (Å²) < 4.78 is 47.9. The third-order valence-corrected chi connectivity index (χ3v) is 4.85. The predicted molar refractivity (Wildman–Crippen MR) is 110 cm³/mol. The number of primary amides is 1. The van der Waals surface area contributed by atoms with E-state index in [1.165, 1.54) is 31.7 Å². The quantitative estimate of drug-likeness (QED) is 0.695. The second-order valence-electron chi connectivity index (χ2n) is 7.60. The van der Waals surface area contributed by atoms with Gasteiger partial charge in [0, 0.05) is 24.8 Å². The molecule has 9 heteroatoms. The monoisotopic (exact) mass is 437 g/mol. The molecule has 1 amide bonds. The van der Waals surface area contributed by atoms with Crippen LogP contribution in [0.5, 0.6) is 11.5 Å².